The van der Waals surface area contributed by atoms with Gasteiger partial charge in [-0.25, -0.2) is 17.5 Å². The van der Waals surface area contributed by atoms with Gasteiger partial charge in [-0.2, -0.15) is 17.7 Å². The van der Waals surface area contributed by atoms with Crippen molar-refractivity contribution >= 4 is 24.8 Å². The zero-order valence-electron chi connectivity index (χ0n) is 13.9. The van der Waals surface area contributed by atoms with E-state index in [-0.39, 0.29) is 51.0 Å². The van der Waals surface area contributed by atoms with Gasteiger partial charge >= 0.3 is 0 Å². The molecule has 0 aromatic heterocycles. The summed E-state index contributed by atoms with van der Waals surface area (Å²) in [6.45, 7) is 13.3. The van der Waals surface area contributed by atoms with Crippen LogP contribution >= 0.6 is 24.8 Å². The molecule has 0 unspecified atom stereocenters. The first-order valence-electron chi connectivity index (χ1n) is 6.65. The molecule has 0 saturated heterocycles. The van der Waals surface area contributed by atoms with Crippen molar-refractivity contribution in [3.05, 3.63) is 59.7 Å². The van der Waals surface area contributed by atoms with Crippen LogP contribution in [0.5, 0.6) is 0 Å². The molecule has 0 saturated carbocycles. The molecule has 0 aliphatic heterocycles. The first-order valence-corrected chi connectivity index (χ1v) is 6.65. The summed E-state index contributed by atoms with van der Waals surface area (Å²) >= 11 is 0. The van der Waals surface area contributed by atoms with Crippen LogP contribution in [0.2, 0.25) is 0 Å². The van der Waals surface area contributed by atoms with Gasteiger partial charge < -0.3 is 29.8 Å². The molecule has 2 aromatic rings. The quantitative estimate of drug-likeness (QED) is 0.454. The van der Waals surface area contributed by atoms with Gasteiger partial charge in [-0.15, -0.1) is 24.8 Å². The van der Waals surface area contributed by atoms with E-state index >= 15 is 0 Å². The number of rotatable bonds is 0. The monoisotopic (exact) mass is 404 g/mol. The van der Waals surface area contributed by atoms with Crippen LogP contribution in [0.4, 0.5) is 0 Å². The minimum Gasteiger partial charge on any atom is -0.748 e. The van der Waals surface area contributed by atoms with Crippen LogP contribution in [0.1, 0.15) is 52.7 Å². The molecule has 124 valence electrons. The Kier molecular flexibility index (Phi) is 13.4. The Hall–Kier alpha value is 0.163. The van der Waals surface area contributed by atoms with Gasteiger partial charge in [-0.05, 0) is 0 Å². The number of hydrogen-bond donors (Lipinski definition) is 0. The van der Waals surface area contributed by atoms with E-state index in [0.29, 0.717) is 10.8 Å². The molecule has 0 fully saturated rings. The zero-order valence-corrected chi connectivity index (χ0v) is 18.0. The third-order valence-electron chi connectivity index (χ3n) is 3.06. The molecule has 2 aromatic carbocycles. The molecular weight excluding hydrogens is 378 g/mol. The second-order valence-corrected chi connectivity index (χ2v) is 6.85. The summed E-state index contributed by atoms with van der Waals surface area (Å²) in [4.78, 5) is 0. The normalized spacial score (nSPS) is 10.2. The smallest absolute Gasteiger partial charge is 0 e. The fourth-order valence-corrected chi connectivity index (χ4v) is 1.75. The van der Waals surface area contributed by atoms with Gasteiger partial charge in [-0.1, -0.05) is 47.0 Å². The van der Waals surface area contributed by atoms with Gasteiger partial charge in [0.25, 0.3) is 0 Å². The molecule has 21 heavy (non-hydrogen) atoms. The van der Waals surface area contributed by atoms with Gasteiger partial charge in [-0.3, -0.25) is 0 Å². The Morgan fingerprint density at radius 1 is 0.714 bits per heavy atom. The standard InChI is InChI=1S/2C9H13.2ClH.Zr/c2*1-9(2,3)8-6-4-5-7-8;;;/h2*4-7H,1-3H3;2*1H;/q-5;-1;;;. The molecule has 0 nitrogen and oxygen atoms in total. The Balaban J connectivity index is -0.000000270. The van der Waals surface area contributed by atoms with Crippen LogP contribution in [0.25, 0.3) is 0 Å². The van der Waals surface area contributed by atoms with Crippen molar-refractivity contribution in [2.45, 2.75) is 52.4 Å². The SMILES string of the molecule is CC(C)(C)[c-]1[cH-][cH-][cH-][cH-]1.CC(C)(C)[c-]1cccc1.Cl.Cl.[Zr]. The maximum Gasteiger partial charge on any atom is 0 e. The van der Waals surface area contributed by atoms with Crippen LogP contribution in [0, 0.1) is 0 Å². The van der Waals surface area contributed by atoms with E-state index in [9.17, 15) is 0 Å². The molecule has 0 bridgehead atoms. The third-order valence-corrected chi connectivity index (χ3v) is 3.06. The molecule has 3 heteroatoms. The summed E-state index contributed by atoms with van der Waals surface area (Å²) in [7, 11) is 0. The van der Waals surface area contributed by atoms with Crippen molar-refractivity contribution in [1.29, 1.82) is 0 Å². The van der Waals surface area contributed by atoms with Crippen molar-refractivity contribution in [1.82, 2.24) is 0 Å². The van der Waals surface area contributed by atoms with E-state index in [1.807, 2.05) is 0 Å². The predicted molar refractivity (Wildman–Crippen MR) is 96.0 cm³/mol. The summed E-state index contributed by atoms with van der Waals surface area (Å²) < 4.78 is 0. The van der Waals surface area contributed by atoms with Crippen molar-refractivity contribution in [2.24, 2.45) is 0 Å². The van der Waals surface area contributed by atoms with Crippen LogP contribution in [0.3, 0.4) is 0 Å². The zero-order chi connectivity index (χ0) is 13.8. The Bertz CT molecular complexity index is 384. The van der Waals surface area contributed by atoms with Crippen LogP contribution in [-0.4, -0.2) is 0 Å². The van der Waals surface area contributed by atoms with Crippen molar-refractivity contribution < 1.29 is 26.2 Å². The molecule has 0 radical (unpaired) electrons. The molecule has 0 atom stereocenters. The summed E-state index contributed by atoms with van der Waals surface area (Å²) in [5.74, 6) is 0. The van der Waals surface area contributed by atoms with Crippen LogP contribution < -0.4 is 0 Å². The van der Waals surface area contributed by atoms with E-state index in [1.165, 1.54) is 11.1 Å². The van der Waals surface area contributed by atoms with E-state index in [1.54, 1.807) is 0 Å². The van der Waals surface area contributed by atoms with Gasteiger partial charge in [0.2, 0.25) is 0 Å². The van der Waals surface area contributed by atoms with E-state index in [2.05, 4.69) is 90.1 Å². The van der Waals surface area contributed by atoms with Gasteiger partial charge in [0.1, 0.15) is 0 Å². The maximum absolute atomic E-state index is 2.22. The second kappa shape index (κ2) is 10.8. The summed E-state index contributed by atoms with van der Waals surface area (Å²) in [6, 6.07) is 17.0. The van der Waals surface area contributed by atoms with Crippen LogP contribution in [-0.2, 0) is 37.0 Å². The molecular formula is C18H28Cl2Zr-6. The van der Waals surface area contributed by atoms with E-state index < -0.39 is 0 Å². The molecule has 0 aliphatic carbocycles. The minimum atomic E-state index is 0. The maximum atomic E-state index is 2.22. The topological polar surface area (TPSA) is 0 Å². The first-order chi connectivity index (χ1) is 8.21. The van der Waals surface area contributed by atoms with Crippen molar-refractivity contribution in [3.63, 3.8) is 0 Å². The van der Waals surface area contributed by atoms with Crippen molar-refractivity contribution in [3.8, 4) is 0 Å². The molecule has 0 aliphatic rings. The number of halogens is 2. The van der Waals surface area contributed by atoms with E-state index in [4.69, 9.17) is 0 Å². The fourth-order valence-electron chi connectivity index (χ4n) is 1.75. The van der Waals surface area contributed by atoms with Crippen molar-refractivity contribution in [2.75, 3.05) is 0 Å². The second-order valence-electron chi connectivity index (χ2n) is 6.85. The van der Waals surface area contributed by atoms with Crippen LogP contribution in [0.15, 0.2) is 48.5 Å². The van der Waals surface area contributed by atoms with Gasteiger partial charge in [0, 0.05) is 26.2 Å². The summed E-state index contributed by atoms with van der Waals surface area (Å²) in [5, 5.41) is 0. The third kappa shape index (κ3) is 9.72. The number of hydrogen-bond acceptors (Lipinski definition) is 0. The molecule has 0 heterocycles. The first kappa shape index (κ1) is 26.1. The van der Waals surface area contributed by atoms with Gasteiger partial charge in [0.15, 0.2) is 0 Å². The fraction of sp³-hybridized carbons (Fsp3) is 0.444. The van der Waals surface area contributed by atoms with Gasteiger partial charge in [0.05, 0.1) is 0 Å². The molecule has 2 rings (SSSR count). The Morgan fingerprint density at radius 3 is 1.29 bits per heavy atom. The molecule has 0 N–H and O–H groups in total. The Labute approximate surface area is 162 Å². The largest absolute Gasteiger partial charge is 0.748 e. The molecule has 0 amide bonds. The Morgan fingerprint density at radius 2 is 1.10 bits per heavy atom. The summed E-state index contributed by atoms with van der Waals surface area (Å²) in [5.41, 5.74) is 3.48. The summed E-state index contributed by atoms with van der Waals surface area (Å²) in [6.07, 6.45) is 0. The average molecular weight is 407 g/mol. The predicted octanol–water partition coefficient (Wildman–Crippen LogP) is 6.25. The minimum absolute atomic E-state index is 0. The molecule has 0 spiro atoms. The van der Waals surface area contributed by atoms with E-state index in [0.717, 1.165) is 0 Å². The average Bonchev–Trinajstić information content (AvgIpc) is 2.91.